The van der Waals surface area contributed by atoms with Gasteiger partial charge >= 0.3 is 0 Å². The van der Waals surface area contributed by atoms with Crippen LogP contribution in [0.1, 0.15) is 62.1 Å². The van der Waals surface area contributed by atoms with E-state index in [2.05, 4.69) is 59.8 Å². The minimum Gasteiger partial charge on any atom is -0.343 e. The number of likely N-dealkylation sites (tertiary alicyclic amines) is 1. The number of amides is 1. The van der Waals surface area contributed by atoms with E-state index in [1.54, 1.807) is 11.3 Å². The van der Waals surface area contributed by atoms with Crippen molar-refractivity contribution >= 4 is 17.2 Å². The van der Waals surface area contributed by atoms with Crippen molar-refractivity contribution in [2.75, 3.05) is 26.2 Å². The molecule has 1 spiro atoms. The largest absolute Gasteiger partial charge is 0.343 e. The van der Waals surface area contributed by atoms with Crippen LogP contribution in [0.15, 0.2) is 41.1 Å². The molecule has 2 aromatic rings. The fourth-order valence-electron chi connectivity index (χ4n) is 5.38. The number of piperidine rings is 1. The number of carbonyl (C=O) groups is 1. The summed E-state index contributed by atoms with van der Waals surface area (Å²) in [6.45, 7) is 9.16. The zero-order valence-corrected chi connectivity index (χ0v) is 18.0. The number of fused-ring (bicyclic) bond motifs is 2. The lowest BCUT2D eigenvalue weighted by molar-refractivity contribution is -0.131. The Balaban J connectivity index is 1.48. The maximum absolute atomic E-state index is 12.8. The molecular formula is C24H32N2OS. The van der Waals surface area contributed by atoms with Gasteiger partial charge in [0.05, 0.1) is 0 Å². The van der Waals surface area contributed by atoms with Gasteiger partial charge in [0.1, 0.15) is 0 Å². The highest BCUT2D eigenvalue weighted by Gasteiger charge is 2.45. The number of hydrogen-bond acceptors (Lipinski definition) is 3. The van der Waals surface area contributed by atoms with Crippen molar-refractivity contribution in [1.82, 2.24) is 9.80 Å². The third-order valence-corrected chi connectivity index (χ3v) is 7.68. The minimum atomic E-state index is 0.274. The van der Waals surface area contributed by atoms with Crippen molar-refractivity contribution in [2.45, 2.75) is 57.4 Å². The van der Waals surface area contributed by atoms with Crippen LogP contribution in [0.25, 0.3) is 0 Å². The Morgan fingerprint density at radius 2 is 1.93 bits per heavy atom. The van der Waals surface area contributed by atoms with Gasteiger partial charge in [-0.1, -0.05) is 24.3 Å². The predicted molar refractivity (Wildman–Crippen MR) is 117 cm³/mol. The Bertz CT molecular complexity index is 789. The van der Waals surface area contributed by atoms with Crippen LogP contribution in [-0.4, -0.2) is 41.9 Å². The Morgan fingerprint density at radius 3 is 2.61 bits per heavy atom. The van der Waals surface area contributed by atoms with Crippen LogP contribution < -0.4 is 0 Å². The first kappa shape index (κ1) is 19.7. The van der Waals surface area contributed by atoms with Gasteiger partial charge in [-0.15, -0.1) is 0 Å². The van der Waals surface area contributed by atoms with E-state index >= 15 is 0 Å². The second-order valence-corrected chi connectivity index (χ2v) is 9.23. The highest BCUT2D eigenvalue weighted by atomic mass is 32.1. The van der Waals surface area contributed by atoms with E-state index < -0.39 is 0 Å². The lowest BCUT2D eigenvalue weighted by Crippen LogP contribution is -2.41. The second-order valence-electron chi connectivity index (χ2n) is 8.45. The fourth-order valence-corrected chi connectivity index (χ4v) is 6.04. The normalized spacial score (nSPS) is 21.0. The van der Waals surface area contributed by atoms with E-state index in [9.17, 15) is 4.79 Å². The van der Waals surface area contributed by atoms with Gasteiger partial charge in [-0.25, -0.2) is 0 Å². The van der Waals surface area contributed by atoms with Gasteiger partial charge in [0.15, 0.2) is 0 Å². The molecule has 4 heteroatoms. The van der Waals surface area contributed by atoms with Gasteiger partial charge < -0.3 is 4.90 Å². The molecule has 0 radical (unpaired) electrons. The lowest BCUT2D eigenvalue weighted by atomic mass is 9.73. The molecule has 2 heterocycles. The number of benzene rings is 1. The summed E-state index contributed by atoms with van der Waals surface area (Å²) in [4.78, 5) is 17.4. The minimum absolute atomic E-state index is 0.274. The molecule has 1 aliphatic heterocycles. The summed E-state index contributed by atoms with van der Waals surface area (Å²) in [5, 5.41) is 4.44. The van der Waals surface area contributed by atoms with Crippen molar-refractivity contribution in [3.05, 3.63) is 57.8 Å². The van der Waals surface area contributed by atoms with Crippen molar-refractivity contribution in [3.8, 4) is 0 Å². The highest BCUT2D eigenvalue weighted by Crippen LogP contribution is 2.52. The standard InChI is InChI=1S/C24H32N2OS/c1-3-26(4-2)23(27)15-20-16-24(22-8-6-5-7-21(20)22)10-12-25(13-11-24)17-19-9-14-28-18-19/h5-9,14,18,20H,3-4,10-13,15-17H2,1-2H3/t20-/m1/s1. The molecule has 0 bridgehead atoms. The number of rotatable bonds is 6. The Labute approximate surface area is 173 Å². The number of hydrogen-bond donors (Lipinski definition) is 0. The third-order valence-electron chi connectivity index (χ3n) is 6.95. The summed E-state index contributed by atoms with van der Waals surface area (Å²) in [6.07, 6.45) is 4.24. The van der Waals surface area contributed by atoms with Crippen LogP contribution in [0, 0.1) is 0 Å². The van der Waals surface area contributed by atoms with Crippen LogP contribution >= 0.6 is 11.3 Å². The molecule has 1 aromatic heterocycles. The number of nitrogens with zero attached hydrogens (tertiary/aromatic N) is 2. The second kappa shape index (κ2) is 8.38. The van der Waals surface area contributed by atoms with Crippen LogP contribution in [0.2, 0.25) is 0 Å². The van der Waals surface area contributed by atoms with Gasteiger partial charge in [0, 0.05) is 26.1 Å². The van der Waals surface area contributed by atoms with Crippen molar-refractivity contribution in [2.24, 2.45) is 0 Å². The van der Waals surface area contributed by atoms with E-state index in [0.717, 1.165) is 39.1 Å². The van der Waals surface area contributed by atoms with Gasteiger partial charge in [-0.3, -0.25) is 9.69 Å². The molecule has 3 nitrogen and oxygen atoms in total. The number of carbonyl (C=O) groups excluding carboxylic acids is 1. The monoisotopic (exact) mass is 396 g/mol. The van der Waals surface area contributed by atoms with Crippen LogP contribution in [0.3, 0.4) is 0 Å². The predicted octanol–water partition coefficient (Wildman–Crippen LogP) is 5.03. The molecule has 28 heavy (non-hydrogen) atoms. The van der Waals surface area contributed by atoms with E-state index in [1.165, 1.54) is 29.5 Å². The van der Waals surface area contributed by atoms with Crippen LogP contribution in [0.5, 0.6) is 0 Å². The van der Waals surface area contributed by atoms with Gasteiger partial charge in [-0.05, 0) is 91.0 Å². The molecule has 1 saturated heterocycles. The molecule has 1 atom stereocenters. The molecular weight excluding hydrogens is 364 g/mol. The van der Waals surface area contributed by atoms with Crippen molar-refractivity contribution in [1.29, 1.82) is 0 Å². The molecule has 0 saturated carbocycles. The van der Waals surface area contributed by atoms with E-state index in [-0.39, 0.29) is 5.41 Å². The first-order valence-electron chi connectivity index (χ1n) is 10.8. The number of thiophene rings is 1. The molecule has 1 fully saturated rings. The molecule has 4 rings (SSSR count). The average Bonchev–Trinajstić information content (AvgIpc) is 3.32. The Hall–Kier alpha value is -1.65. The van der Waals surface area contributed by atoms with E-state index in [0.29, 0.717) is 18.2 Å². The maximum Gasteiger partial charge on any atom is 0.223 e. The molecule has 1 amide bonds. The van der Waals surface area contributed by atoms with Gasteiger partial charge in [0.25, 0.3) is 0 Å². The summed E-state index contributed by atoms with van der Waals surface area (Å²) in [5.41, 5.74) is 4.68. The van der Waals surface area contributed by atoms with Crippen molar-refractivity contribution < 1.29 is 4.79 Å². The molecule has 2 aliphatic rings. The van der Waals surface area contributed by atoms with E-state index in [1.807, 2.05) is 4.90 Å². The molecule has 150 valence electrons. The molecule has 1 aromatic carbocycles. The smallest absolute Gasteiger partial charge is 0.223 e. The molecule has 0 unspecified atom stereocenters. The topological polar surface area (TPSA) is 23.6 Å². The SMILES string of the molecule is CCN(CC)C(=O)C[C@@H]1CC2(CCN(Cc3ccsc3)CC2)c2ccccc21. The van der Waals surface area contributed by atoms with Crippen LogP contribution in [0.4, 0.5) is 0 Å². The van der Waals surface area contributed by atoms with Gasteiger partial charge in [-0.2, -0.15) is 11.3 Å². The highest BCUT2D eigenvalue weighted by molar-refractivity contribution is 7.07. The summed E-state index contributed by atoms with van der Waals surface area (Å²) in [5.74, 6) is 0.699. The zero-order valence-electron chi connectivity index (χ0n) is 17.2. The summed E-state index contributed by atoms with van der Waals surface area (Å²) in [6, 6.07) is 11.2. The Morgan fingerprint density at radius 1 is 1.18 bits per heavy atom. The first-order chi connectivity index (χ1) is 13.6. The molecule has 1 aliphatic carbocycles. The summed E-state index contributed by atoms with van der Waals surface area (Å²) in [7, 11) is 0. The van der Waals surface area contributed by atoms with Crippen molar-refractivity contribution in [3.63, 3.8) is 0 Å². The van der Waals surface area contributed by atoms with Crippen LogP contribution in [-0.2, 0) is 16.8 Å². The lowest BCUT2D eigenvalue weighted by Gasteiger charge is -2.40. The summed E-state index contributed by atoms with van der Waals surface area (Å²) >= 11 is 1.79. The first-order valence-corrected chi connectivity index (χ1v) is 11.7. The Kier molecular flexibility index (Phi) is 5.88. The van der Waals surface area contributed by atoms with Gasteiger partial charge in [0.2, 0.25) is 5.91 Å². The average molecular weight is 397 g/mol. The fraction of sp³-hybridized carbons (Fsp3) is 0.542. The molecule has 0 N–H and O–H groups in total. The zero-order chi connectivity index (χ0) is 19.6. The maximum atomic E-state index is 12.8. The summed E-state index contributed by atoms with van der Waals surface area (Å²) < 4.78 is 0. The van der Waals surface area contributed by atoms with E-state index in [4.69, 9.17) is 0 Å². The third kappa shape index (κ3) is 3.77. The quantitative estimate of drug-likeness (QED) is 0.684.